The molecule has 0 fully saturated rings. The topological polar surface area (TPSA) is 45.2 Å². The van der Waals surface area contributed by atoms with E-state index in [1.54, 1.807) is 35.5 Å². The first-order valence-electron chi connectivity index (χ1n) is 6.96. The number of pyridine rings is 1. The third kappa shape index (κ3) is 4.36. The molecule has 22 heavy (non-hydrogen) atoms. The van der Waals surface area contributed by atoms with Crippen molar-refractivity contribution in [3.05, 3.63) is 63.9 Å². The van der Waals surface area contributed by atoms with E-state index in [0.717, 1.165) is 11.1 Å². The lowest BCUT2D eigenvalue weighted by Gasteiger charge is -2.21. The average Bonchev–Trinajstić information content (AvgIpc) is 2.53. The number of carbonyl (C=O) groups excluding carboxylic acids is 1. The first-order valence-corrected chi connectivity index (χ1v) is 7.72. The van der Waals surface area contributed by atoms with E-state index in [1.807, 2.05) is 19.1 Å². The summed E-state index contributed by atoms with van der Waals surface area (Å²) in [6.45, 7) is 3.36. The number of urea groups is 1. The Balaban J connectivity index is 1.98. The maximum absolute atomic E-state index is 12.3. The molecule has 2 rings (SSSR count). The van der Waals surface area contributed by atoms with Gasteiger partial charge < -0.3 is 10.2 Å². The third-order valence-corrected chi connectivity index (χ3v) is 3.98. The fraction of sp³-hybridized carbons (Fsp3) is 0.250. The number of hydrogen-bond donors (Lipinski definition) is 1. The Bertz CT molecular complexity index is 614. The lowest BCUT2D eigenvalue weighted by atomic mass is 10.2. The van der Waals surface area contributed by atoms with Crippen molar-refractivity contribution in [1.82, 2.24) is 15.2 Å². The molecular weight excluding hydrogens is 321 g/mol. The van der Waals surface area contributed by atoms with Crippen molar-refractivity contribution in [1.29, 1.82) is 0 Å². The van der Waals surface area contributed by atoms with Gasteiger partial charge in [0.25, 0.3) is 0 Å². The number of halogens is 2. The van der Waals surface area contributed by atoms with Gasteiger partial charge in [-0.25, -0.2) is 4.79 Å². The summed E-state index contributed by atoms with van der Waals surface area (Å²) in [5, 5.41) is 3.95. The molecule has 1 N–H and O–H groups in total. The second kappa shape index (κ2) is 8.01. The van der Waals surface area contributed by atoms with E-state index in [1.165, 1.54) is 0 Å². The van der Waals surface area contributed by atoms with Gasteiger partial charge >= 0.3 is 6.03 Å². The van der Waals surface area contributed by atoms with E-state index in [-0.39, 0.29) is 6.03 Å². The van der Waals surface area contributed by atoms with Crippen LogP contribution in [0.5, 0.6) is 0 Å². The van der Waals surface area contributed by atoms with Crippen LogP contribution < -0.4 is 5.32 Å². The average molecular weight is 338 g/mol. The summed E-state index contributed by atoms with van der Waals surface area (Å²) in [6, 6.07) is 8.90. The molecule has 1 aromatic heterocycles. The van der Waals surface area contributed by atoms with Crippen molar-refractivity contribution in [3.8, 4) is 0 Å². The van der Waals surface area contributed by atoms with E-state index in [0.29, 0.717) is 29.7 Å². The molecule has 0 aliphatic rings. The van der Waals surface area contributed by atoms with Gasteiger partial charge in [0.2, 0.25) is 0 Å². The van der Waals surface area contributed by atoms with Crippen LogP contribution in [0.1, 0.15) is 18.1 Å². The number of rotatable bonds is 5. The first-order chi connectivity index (χ1) is 10.6. The van der Waals surface area contributed by atoms with Gasteiger partial charge in [-0.05, 0) is 36.8 Å². The van der Waals surface area contributed by atoms with Gasteiger partial charge in [0.1, 0.15) is 0 Å². The van der Waals surface area contributed by atoms with Crippen LogP contribution in [0.15, 0.2) is 42.7 Å². The maximum Gasteiger partial charge on any atom is 0.317 e. The molecule has 2 aromatic rings. The Hall–Kier alpha value is -1.78. The van der Waals surface area contributed by atoms with Crippen LogP contribution in [0.3, 0.4) is 0 Å². The standard InChI is InChI=1S/C16H17Cl2N3O/c1-2-21(11-12-6-8-19-9-7-12)16(22)20-10-13-14(17)4-3-5-15(13)18/h3-9H,2,10-11H2,1H3,(H,20,22). The highest BCUT2D eigenvalue weighted by Crippen LogP contribution is 2.23. The minimum atomic E-state index is -0.157. The zero-order chi connectivity index (χ0) is 15.9. The van der Waals surface area contributed by atoms with Crippen LogP contribution in [-0.2, 0) is 13.1 Å². The molecule has 0 aliphatic heterocycles. The van der Waals surface area contributed by atoms with Crippen molar-refractivity contribution >= 4 is 29.2 Å². The minimum absolute atomic E-state index is 0.157. The summed E-state index contributed by atoms with van der Waals surface area (Å²) in [4.78, 5) is 18.0. The summed E-state index contributed by atoms with van der Waals surface area (Å²) >= 11 is 12.2. The molecule has 4 nitrogen and oxygen atoms in total. The Morgan fingerprint density at radius 3 is 2.41 bits per heavy atom. The molecule has 116 valence electrons. The molecule has 0 unspecified atom stereocenters. The Morgan fingerprint density at radius 2 is 1.82 bits per heavy atom. The van der Waals surface area contributed by atoms with Crippen LogP contribution in [0.25, 0.3) is 0 Å². The predicted molar refractivity (Wildman–Crippen MR) is 89.0 cm³/mol. The Labute approximate surface area is 140 Å². The summed E-state index contributed by atoms with van der Waals surface area (Å²) < 4.78 is 0. The normalized spacial score (nSPS) is 10.3. The quantitative estimate of drug-likeness (QED) is 0.891. The van der Waals surface area contributed by atoms with Gasteiger partial charge in [0, 0.05) is 47.6 Å². The van der Waals surface area contributed by atoms with E-state index >= 15 is 0 Å². The number of carbonyl (C=O) groups is 1. The van der Waals surface area contributed by atoms with E-state index in [9.17, 15) is 4.79 Å². The van der Waals surface area contributed by atoms with E-state index < -0.39 is 0 Å². The molecular formula is C16H17Cl2N3O. The highest BCUT2D eigenvalue weighted by Gasteiger charge is 2.13. The largest absolute Gasteiger partial charge is 0.334 e. The zero-order valence-corrected chi connectivity index (χ0v) is 13.7. The molecule has 0 saturated carbocycles. The minimum Gasteiger partial charge on any atom is -0.334 e. The van der Waals surface area contributed by atoms with Gasteiger partial charge in [-0.1, -0.05) is 29.3 Å². The van der Waals surface area contributed by atoms with Crippen LogP contribution in [0, 0.1) is 0 Å². The fourth-order valence-corrected chi connectivity index (χ4v) is 2.54. The zero-order valence-electron chi connectivity index (χ0n) is 12.2. The predicted octanol–water partition coefficient (Wildman–Crippen LogP) is 4.12. The van der Waals surface area contributed by atoms with Gasteiger partial charge in [-0.2, -0.15) is 0 Å². The third-order valence-electron chi connectivity index (χ3n) is 3.27. The number of benzene rings is 1. The number of amides is 2. The molecule has 0 atom stereocenters. The number of nitrogens with one attached hydrogen (secondary N) is 1. The molecule has 2 amide bonds. The van der Waals surface area contributed by atoms with Crippen molar-refractivity contribution in [2.75, 3.05) is 6.54 Å². The van der Waals surface area contributed by atoms with Gasteiger partial charge in [-0.3, -0.25) is 4.98 Å². The summed E-state index contributed by atoms with van der Waals surface area (Å²) in [5.41, 5.74) is 1.75. The van der Waals surface area contributed by atoms with Gasteiger partial charge in [0.15, 0.2) is 0 Å². The highest BCUT2D eigenvalue weighted by molar-refractivity contribution is 6.36. The fourth-order valence-electron chi connectivity index (χ4n) is 2.01. The van der Waals surface area contributed by atoms with Crippen LogP contribution >= 0.6 is 23.2 Å². The molecule has 0 spiro atoms. The molecule has 1 aromatic carbocycles. The summed E-state index contributed by atoms with van der Waals surface area (Å²) in [5.74, 6) is 0. The first kappa shape index (κ1) is 16.6. The molecule has 0 radical (unpaired) electrons. The van der Waals surface area contributed by atoms with Gasteiger partial charge in [0.05, 0.1) is 0 Å². The Morgan fingerprint density at radius 1 is 1.18 bits per heavy atom. The molecule has 6 heteroatoms. The van der Waals surface area contributed by atoms with E-state index in [4.69, 9.17) is 23.2 Å². The van der Waals surface area contributed by atoms with Crippen molar-refractivity contribution in [3.63, 3.8) is 0 Å². The van der Waals surface area contributed by atoms with Crippen LogP contribution in [0.2, 0.25) is 10.0 Å². The SMILES string of the molecule is CCN(Cc1ccncc1)C(=O)NCc1c(Cl)cccc1Cl. The molecule has 1 heterocycles. The van der Waals surface area contributed by atoms with Gasteiger partial charge in [-0.15, -0.1) is 0 Å². The molecule has 0 aliphatic carbocycles. The smallest absolute Gasteiger partial charge is 0.317 e. The van der Waals surface area contributed by atoms with Crippen LogP contribution in [0.4, 0.5) is 4.79 Å². The monoisotopic (exact) mass is 337 g/mol. The lowest BCUT2D eigenvalue weighted by molar-refractivity contribution is 0.197. The molecule has 0 bridgehead atoms. The van der Waals surface area contributed by atoms with Crippen LogP contribution in [-0.4, -0.2) is 22.5 Å². The number of nitrogens with zero attached hydrogens (tertiary/aromatic N) is 2. The summed E-state index contributed by atoms with van der Waals surface area (Å²) in [7, 11) is 0. The maximum atomic E-state index is 12.3. The van der Waals surface area contributed by atoms with Crippen molar-refractivity contribution in [2.24, 2.45) is 0 Å². The second-order valence-corrected chi connectivity index (χ2v) is 5.54. The highest BCUT2D eigenvalue weighted by atomic mass is 35.5. The second-order valence-electron chi connectivity index (χ2n) is 4.73. The van der Waals surface area contributed by atoms with E-state index in [2.05, 4.69) is 10.3 Å². The van der Waals surface area contributed by atoms with Crippen molar-refractivity contribution in [2.45, 2.75) is 20.0 Å². The molecule has 0 saturated heterocycles. The lowest BCUT2D eigenvalue weighted by Crippen LogP contribution is -2.39. The Kier molecular flexibility index (Phi) is 6.04. The summed E-state index contributed by atoms with van der Waals surface area (Å²) in [6.07, 6.45) is 3.43. The number of hydrogen-bond acceptors (Lipinski definition) is 2. The van der Waals surface area contributed by atoms with Crippen molar-refractivity contribution < 1.29 is 4.79 Å². The number of aromatic nitrogens is 1.